The quantitative estimate of drug-likeness (QED) is 0.559. The monoisotopic (exact) mass is 440 g/mol. The molecule has 1 aromatic carbocycles. The first kappa shape index (κ1) is 20.1. The van der Waals surface area contributed by atoms with Crippen molar-refractivity contribution in [3.63, 3.8) is 0 Å². The summed E-state index contributed by atoms with van der Waals surface area (Å²) >= 11 is 2.64. The average molecular weight is 441 g/mol. The number of tetrazole rings is 1. The van der Waals surface area contributed by atoms with E-state index in [4.69, 9.17) is 5.11 Å². The summed E-state index contributed by atoms with van der Waals surface area (Å²) < 4.78 is 1.44. The topological polar surface area (TPSA) is 134 Å². The van der Waals surface area contributed by atoms with Gasteiger partial charge in [-0.2, -0.15) is 9.94 Å². The van der Waals surface area contributed by atoms with Gasteiger partial charge in [0.1, 0.15) is 11.1 Å². The lowest BCUT2D eigenvalue weighted by Crippen LogP contribution is -2.14. The normalized spacial score (nSPS) is 12.8. The molecule has 2 N–H and O–H groups in total. The number of thiophene rings is 1. The number of carboxylic acids is 1. The Bertz CT molecular complexity index is 1150. The molecule has 11 heteroatoms. The third kappa shape index (κ3) is 4.05. The Labute approximate surface area is 179 Å². The zero-order valence-corrected chi connectivity index (χ0v) is 17.3. The van der Waals surface area contributed by atoms with Gasteiger partial charge in [0.25, 0.3) is 0 Å². The van der Waals surface area contributed by atoms with Crippen molar-refractivity contribution in [3.05, 3.63) is 45.8 Å². The van der Waals surface area contributed by atoms with E-state index in [2.05, 4.69) is 26.9 Å². The summed E-state index contributed by atoms with van der Waals surface area (Å²) in [6, 6.07) is 8.35. The van der Waals surface area contributed by atoms with Gasteiger partial charge in [0.05, 0.1) is 22.6 Å². The second kappa shape index (κ2) is 8.64. The van der Waals surface area contributed by atoms with E-state index < -0.39 is 5.97 Å². The molecule has 1 amide bonds. The molecule has 2 heterocycles. The molecule has 3 aromatic rings. The number of amides is 1. The summed E-state index contributed by atoms with van der Waals surface area (Å²) in [7, 11) is 0. The van der Waals surface area contributed by atoms with E-state index in [0.717, 1.165) is 43.0 Å². The highest BCUT2D eigenvalue weighted by molar-refractivity contribution is 7.99. The van der Waals surface area contributed by atoms with E-state index in [0.29, 0.717) is 21.4 Å². The van der Waals surface area contributed by atoms with Crippen molar-refractivity contribution in [2.75, 3.05) is 11.1 Å². The molecular formula is C19H16N6O3S2. The number of anilines is 1. The Morgan fingerprint density at radius 1 is 1.27 bits per heavy atom. The Morgan fingerprint density at radius 2 is 2.03 bits per heavy atom. The van der Waals surface area contributed by atoms with Crippen molar-refractivity contribution in [3.8, 4) is 11.8 Å². The molecule has 2 aromatic heterocycles. The number of fused-ring (bicyclic) bond motifs is 1. The van der Waals surface area contributed by atoms with Crippen molar-refractivity contribution in [1.82, 2.24) is 20.2 Å². The van der Waals surface area contributed by atoms with Gasteiger partial charge < -0.3 is 10.4 Å². The molecule has 0 unspecified atom stereocenters. The van der Waals surface area contributed by atoms with Gasteiger partial charge in [-0.3, -0.25) is 4.79 Å². The molecule has 1 aliphatic carbocycles. The van der Waals surface area contributed by atoms with Crippen LogP contribution in [0.15, 0.2) is 29.4 Å². The Kier molecular flexibility index (Phi) is 5.78. The molecule has 152 valence electrons. The van der Waals surface area contributed by atoms with E-state index in [1.807, 2.05) is 0 Å². The maximum absolute atomic E-state index is 12.5. The molecule has 0 fully saturated rings. The third-order valence-corrected chi connectivity index (χ3v) is 6.79. The molecule has 0 aliphatic heterocycles. The van der Waals surface area contributed by atoms with Crippen LogP contribution in [0.4, 0.5) is 5.00 Å². The van der Waals surface area contributed by atoms with Gasteiger partial charge >= 0.3 is 5.97 Å². The lowest BCUT2D eigenvalue weighted by atomic mass is 9.96. The highest BCUT2D eigenvalue weighted by Gasteiger charge is 2.22. The maximum Gasteiger partial charge on any atom is 0.335 e. The van der Waals surface area contributed by atoms with Crippen LogP contribution in [0.5, 0.6) is 0 Å². The van der Waals surface area contributed by atoms with Crippen molar-refractivity contribution >= 4 is 40.0 Å². The highest BCUT2D eigenvalue weighted by atomic mass is 32.2. The minimum Gasteiger partial charge on any atom is -0.478 e. The number of nitrogens with one attached hydrogen (secondary N) is 1. The number of carbonyl (C=O) groups is 2. The van der Waals surface area contributed by atoms with Gasteiger partial charge in [-0.1, -0.05) is 11.8 Å². The molecule has 0 atom stereocenters. The fourth-order valence-electron chi connectivity index (χ4n) is 3.24. The summed E-state index contributed by atoms with van der Waals surface area (Å²) in [6.07, 6.45) is 4.01. The van der Waals surface area contributed by atoms with Crippen LogP contribution >= 0.6 is 23.1 Å². The number of nitriles is 1. The summed E-state index contributed by atoms with van der Waals surface area (Å²) in [5.41, 5.74) is 2.40. The first-order valence-corrected chi connectivity index (χ1v) is 11.0. The molecule has 0 saturated heterocycles. The highest BCUT2D eigenvalue weighted by Crippen LogP contribution is 2.37. The van der Waals surface area contributed by atoms with Crippen molar-refractivity contribution in [2.24, 2.45) is 0 Å². The van der Waals surface area contributed by atoms with Crippen LogP contribution in [-0.4, -0.2) is 42.9 Å². The lowest BCUT2D eigenvalue weighted by molar-refractivity contribution is -0.113. The van der Waals surface area contributed by atoms with Crippen LogP contribution in [0.2, 0.25) is 0 Å². The van der Waals surface area contributed by atoms with E-state index in [1.165, 1.54) is 33.0 Å². The molecule has 4 rings (SSSR count). The fraction of sp³-hybridized carbons (Fsp3) is 0.263. The number of carboxylic acid groups (broad SMARTS) is 1. The Morgan fingerprint density at radius 3 is 2.77 bits per heavy atom. The number of hydrogen-bond donors (Lipinski definition) is 2. The standard InChI is InChI=1S/C19H16N6O3S2/c20-9-14-13-3-1-2-4-15(13)30-17(14)21-16(26)10-29-19-22-23-24-25(19)12-7-5-11(6-8-12)18(27)28/h5-8H,1-4,10H2,(H,21,26)(H,27,28). The zero-order chi connectivity index (χ0) is 21.1. The molecule has 1 aliphatic rings. The van der Waals surface area contributed by atoms with Crippen LogP contribution in [-0.2, 0) is 17.6 Å². The second-order valence-electron chi connectivity index (χ2n) is 6.59. The second-order valence-corrected chi connectivity index (χ2v) is 8.64. The van der Waals surface area contributed by atoms with E-state index in [9.17, 15) is 14.9 Å². The minimum atomic E-state index is -1.02. The zero-order valence-electron chi connectivity index (χ0n) is 15.7. The number of carbonyl (C=O) groups excluding carboxylic acids is 1. The van der Waals surface area contributed by atoms with Crippen LogP contribution in [0.25, 0.3) is 5.69 Å². The molecule has 0 radical (unpaired) electrons. The van der Waals surface area contributed by atoms with E-state index in [1.54, 1.807) is 12.1 Å². The number of aromatic carboxylic acids is 1. The fourth-order valence-corrected chi connectivity index (χ4v) is 5.19. The van der Waals surface area contributed by atoms with Gasteiger partial charge in [0, 0.05) is 4.88 Å². The van der Waals surface area contributed by atoms with Gasteiger partial charge in [0.2, 0.25) is 11.1 Å². The van der Waals surface area contributed by atoms with Gasteiger partial charge in [-0.25, -0.2) is 4.79 Å². The Hall–Kier alpha value is -3.23. The number of thioether (sulfide) groups is 1. The number of aryl methyl sites for hydroxylation is 1. The molecule has 0 spiro atoms. The maximum atomic E-state index is 12.5. The SMILES string of the molecule is N#Cc1c(NC(=O)CSc2nnnn2-c2ccc(C(=O)O)cc2)sc2c1CCCC2. The molecule has 0 saturated carbocycles. The van der Waals surface area contributed by atoms with Crippen molar-refractivity contribution in [1.29, 1.82) is 5.26 Å². The summed E-state index contributed by atoms with van der Waals surface area (Å²) in [5, 5.41) is 33.9. The number of nitrogens with zero attached hydrogens (tertiary/aromatic N) is 5. The van der Waals surface area contributed by atoms with Gasteiger partial charge in [0.15, 0.2) is 0 Å². The van der Waals surface area contributed by atoms with Crippen molar-refractivity contribution < 1.29 is 14.7 Å². The Balaban J connectivity index is 1.43. The predicted octanol–water partition coefficient (Wildman–Crippen LogP) is 2.90. The van der Waals surface area contributed by atoms with Crippen LogP contribution in [0.1, 0.15) is 39.2 Å². The van der Waals surface area contributed by atoms with Crippen LogP contribution in [0.3, 0.4) is 0 Å². The summed E-state index contributed by atoms with van der Waals surface area (Å²) in [4.78, 5) is 24.7. The largest absolute Gasteiger partial charge is 0.478 e. The minimum absolute atomic E-state index is 0.0705. The van der Waals surface area contributed by atoms with Crippen molar-refractivity contribution in [2.45, 2.75) is 30.8 Å². The summed E-state index contributed by atoms with van der Waals surface area (Å²) in [6.45, 7) is 0. The van der Waals surface area contributed by atoms with E-state index in [-0.39, 0.29) is 17.2 Å². The summed E-state index contributed by atoms with van der Waals surface area (Å²) in [5.74, 6) is -1.19. The molecule has 0 bridgehead atoms. The first-order valence-electron chi connectivity index (χ1n) is 9.16. The average Bonchev–Trinajstić information content (AvgIpc) is 3.36. The molecule has 9 nitrogen and oxygen atoms in total. The third-order valence-electron chi connectivity index (χ3n) is 4.67. The predicted molar refractivity (Wildman–Crippen MR) is 111 cm³/mol. The number of hydrogen-bond acceptors (Lipinski definition) is 8. The van der Waals surface area contributed by atoms with E-state index >= 15 is 0 Å². The number of aromatic nitrogens is 4. The van der Waals surface area contributed by atoms with Crippen LogP contribution in [0, 0.1) is 11.3 Å². The lowest BCUT2D eigenvalue weighted by Gasteiger charge is -2.09. The van der Waals surface area contributed by atoms with Gasteiger partial charge in [-0.15, -0.1) is 16.4 Å². The number of benzene rings is 1. The molecular weight excluding hydrogens is 424 g/mol. The number of rotatable bonds is 6. The first-order chi connectivity index (χ1) is 14.6. The van der Waals surface area contributed by atoms with Crippen LogP contribution < -0.4 is 5.32 Å². The smallest absolute Gasteiger partial charge is 0.335 e. The molecule has 30 heavy (non-hydrogen) atoms. The van der Waals surface area contributed by atoms with Gasteiger partial charge in [-0.05, 0) is 65.9 Å².